The van der Waals surface area contributed by atoms with E-state index in [0.29, 0.717) is 28.5 Å². The lowest BCUT2D eigenvalue weighted by Crippen LogP contribution is -2.05. The zero-order chi connectivity index (χ0) is 13.8. The SMILES string of the molecule is CCOc1ccccc1C(=O)c1cc(Cl)cc(Br)c1. The molecule has 0 aliphatic carbocycles. The second kappa shape index (κ2) is 6.22. The zero-order valence-electron chi connectivity index (χ0n) is 10.3. The fourth-order valence-electron chi connectivity index (χ4n) is 1.78. The van der Waals surface area contributed by atoms with Crippen molar-refractivity contribution in [3.05, 3.63) is 63.1 Å². The van der Waals surface area contributed by atoms with Crippen molar-refractivity contribution in [2.45, 2.75) is 6.92 Å². The molecule has 0 unspecified atom stereocenters. The number of hydrogen-bond acceptors (Lipinski definition) is 2. The summed E-state index contributed by atoms with van der Waals surface area (Å²) >= 11 is 9.30. The number of rotatable bonds is 4. The molecule has 0 heterocycles. The van der Waals surface area contributed by atoms with E-state index in [-0.39, 0.29) is 5.78 Å². The Morgan fingerprint density at radius 1 is 1.26 bits per heavy atom. The van der Waals surface area contributed by atoms with E-state index in [1.165, 1.54) is 0 Å². The Morgan fingerprint density at radius 3 is 2.68 bits per heavy atom. The van der Waals surface area contributed by atoms with E-state index >= 15 is 0 Å². The third-order valence-electron chi connectivity index (χ3n) is 2.56. The molecule has 0 amide bonds. The number of ether oxygens (including phenoxy) is 1. The lowest BCUT2D eigenvalue weighted by Gasteiger charge is -2.09. The summed E-state index contributed by atoms with van der Waals surface area (Å²) in [5.41, 5.74) is 1.07. The van der Waals surface area contributed by atoms with Crippen LogP contribution in [-0.2, 0) is 0 Å². The van der Waals surface area contributed by atoms with Crippen molar-refractivity contribution < 1.29 is 9.53 Å². The number of ketones is 1. The van der Waals surface area contributed by atoms with E-state index < -0.39 is 0 Å². The second-order valence-corrected chi connectivity index (χ2v) is 5.27. The van der Waals surface area contributed by atoms with Crippen LogP contribution in [0.1, 0.15) is 22.8 Å². The molecule has 0 aromatic heterocycles. The molecule has 2 aromatic rings. The van der Waals surface area contributed by atoms with Crippen molar-refractivity contribution in [2.24, 2.45) is 0 Å². The normalized spacial score (nSPS) is 10.3. The summed E-state index contributed by atoms with van der Waals surface area (Å²) in [6.45, 7) is 2.40. The first kappa shape index (κ1) is 14.1. The number of benzene rings is 2. The average Bonchev–Trinajstić information content (AvgIpc) is 2.38. The summed E-state index contributed by atoms with van der Waals surface area (Å²) in [4.78, 5) is 12.5. The standard InChI is InChI=1S/C15H12BrClO2/c1-2-19-14-6-4-3-5-13(14)15(18)10-7-11(16)9-12(17)8-10/h3-9H,2H2,1H3. The van der Waals surface area contributed by atoms with Crippen molar-refractivity contribution in [3.8, 4) is 5.75 Å². The van der Waals surface area contributed by atoms with Gasteiger partial charge < -0.3 is 4.74 Å². The van der Waals surface area contributed by atoms with Crippen LogP contribution < -0.4 is 4.74 Å². The highest BCUT2D eigenvalue weighted by molar-refractivity contribution is 9.10. The molecular weight excluding hydrogens is 328 g/mol. The average molecular weight is 340 g/mol. The summed E-state index contributed by atoms with van der Waals surface area (Å²) in [5, 5.41) is 0.520. The van der Waals surface area contributed by atoms with Crippen molar-refractivity contribution in [1.82, 2.24) is 0 Å². The highest BCUT2D eigenvalue weighted by atomic mass is 79.9. The Balaban J connectivity index is 2.44. The van der Waals surface area contributed by atoms with Crippen LogP contribution in [-0.4, -0.2) is 12.4 Å². The lowest BCUT2D eigenvalue weighted by atomic mass is 10.0. The molecule has 2 rings (SSSR count). The van der Waals surface area contributed by atoms with Gasteiger partial charge in [-0.2, -0.15) is 0 Å². The van der Waals surface area contributed by atoms with Gasteiger partial charge in [0.1, 0.15) is 5.75 Å². The van der Waals surface area contributed by atoms with E-state index in [1.807, 2.05) is 19.1 Å². The van der Waals surface area contributed by atoms with Gasteiger partial charge in [0.2, 0.25) is 0 Å². The van der Waals surface area contributed by atoms with E-state index in [0.717, 1.165) is 4.47 Å². The Hall–Kier alpha value is -1.32. The fourth-order valence-corrected chi connectivity index (χ4v) is 2.64. The van der Waals surface area contributed by atoms with Crippen LogP contribution in [0.3, 0.4) is 0 Å². The molecule has 0 N–H and O–H groups in total. The van der Waals surface area contributed by atoms with Crippen LogP contribution in [0.4, 0.5) is 0 Å². The summed E-state index contributed by atoms with van der Waals surface area (Å²) < 4.78 is 6.25. The van der Waals surface area contributed by atoms with Gasteiger partial charge in [0.15, 0.2) is 5.78 Å². The van der Waals surface area contributed by atoms with Crippen LogP contribution in [0, 0.1) is 0 Å². The molecule has 2 nitrogen and oxygen atoms in total. The number of hydrogen-bond donors (Lipinski definition) is 0. The topological polar surface area (TPSA) is 26.3 Å². The van der Waals surface area contributed by atoms with Gasteiger partial charge in [-0.15, -0.1) is 0 Å². The Bertz CT molecular complexity index is 591. The van der Waals surface area contributed by atoms with E-state index in [1.54, 1.807) is 30.3 Å². The van der Waals surface area contributed by atoms with Gasteiger partial charge in [-0.25, -0.2) is 0 Å². The molecule has 0 aliphatic rings. The zero-order valence-corrected chi connectivity index (χ0v) is 12.7. The third kappa shape index (κ3) is 3.37. The Kier molecular flexibility index (Phi) is 4.61. The molecule has 0 aliphatic heterocycles. The number of halogens is 2. The molecule has 0 atom stereocenters. The fraction of sp³-hybridized carbons (Fsp3) is 0.133. The van der Waals surface area contributed by atoms with Gasteiger partial charge in [-0.1, -0.05) is 39.7 Å². The van der Waals surface area contributed by atoms with Crippen molar-refractivity contribution in [3.63, 3.8) is 0 Å². The molecular formula is C15H12BrClO2. The number of carbonyl (C=O) groups is 1. The van der Waals surface area contributed by atoms with Crippen molar-refractivity contribution in [1.29, 1.82) is 0 Å². The molecule has 19 heavy (non-hydrogen) atoms. The predicted molar refractivity (Wildman–Crippen MR) is 80.2 cm³/mol. The molecule has 98 valence electrons. The molecule has 4 heteroatoms. The minimum absolute atomic E-state index is 0.104. The summed E-state index contributed by atoms with van der Waals surface area (Å²) in [5.74, 6) is 0.485. The highest BCUT2D eigenvalue weighted by Gasteiger charge is 2.15. The molecule has 0 bridgehead atoms. The quantitative estimate of drug-likeness (QED) is 0.753. The summed E-state index contributed by atoms with van der Waals surface area (Å²) in [7, 11) is 0. The minimum Gasteiger partial charge on any atom is -0.493 e. The van der Waals surface area contributed by atoms with E-state index in [4.69, 9.17) is 16.3 Å². The van der Waals surface area contributed by atoms with Gasteiger partial charge in [-0.05, 0) is 37.3 Å². The minimum atomic E-state index is -0.104. The van der Waals surface area contributed by atoms with Crippen molar-refractivity contribution in [2.75, 3.05) is 6.61 Å². The van der Waals surface area contributed by atoms with Gasteiger partial charge in [-0.3, -0.25) is 4.79 Å². The first-order valence-electron chi connectivity index (χ1n) is 5.84. The largest absolute Gasteiger partial charge is 0.493 e. The summed E-state index contributed by atoms with van der Waals surface area (Å²) in [6, 6.07) is 12.3. The highest BCUT2D eigenvalue weighted by Crippen LogP contribution is 2.25. The number of carbonyl (C=O) groups excluding carboxylic acids is 1. The van der Waals surface area contributed by atoms with Gasteiger partial charge in [0, 0.05) is 15.1 Å². The van der Waals surface area contributed by atoms with Gasteiger partial charge in [0.25, 0.3) is 0 Å². The first-order valence-corrected chi connectivity index (χ1v) is 7.01. The van der Waals surface area contributed by atoms with Gasteiger partial charge >= 0.3 is 0 Å². The predicted octanol–water partition coefficient (Wildman–Crippen LogP) is 4.73. The van der Waals surface area contributed by atoms with Gasteiger partial charge in [0.05, 0.1) is 12.2 Å². The Morgan fingerprint density at radius 2 is 2.00 bits per heavy atom. The van der Waals surface area contributed by atoms with Crippen LogP contribution in [0.25, 0.3) is 0 Å². The van der Waals surface area contributed by atoms with E-state index in [9.17, 15) is 4.79 Å². The maximum absolute atomic E-state index is 12.5. The summed E-state index contributed by atoms with van der Waals surface area (Å²) in [6.07, 6.45) is 0. The number of para-hydroxylation sites is 1. The first-order chi connectivity index (χ1) is 9.11. The maximum atomic E-state index is 12.5. The molecule has 0 spiro atoms. The van der Waals surface area contributed by atoms with Crippen LogP contribution in [0.5, 0.6) is 5.75 Å². The molecule has 2 aromatic carbocycles. The van der Waals surface area contributed by atoms with Crippen LogP contribution in [0.2, 0.25) is 5.02 Å². The Labute approximate surface area is 125 Å². The monoisotopic (exact) mass is 338 g/mol. The van der Waals surface area contributed by atoms with Crippen molar-refractivity contribution >= 4 is 33.3 Å². The van der Waals surface area contributed by atoms with E-state index in [2.05, 4.69) is 15.9 Å². The molecule has 0 saturated heterocycles. The second-order valence-electron chi connectivity index (χ2n) is 3.92. The van der Waals surface area contributed by atoms with Crippen LogP contribution in [0.15, 0.2) is 46.9 Å². The smallest absolute Gasteiger partial charge is 0.196 e. The molecule has 0 saturated carbocycles. The lowest BCUT2D eigenvalue weighted by molar-refractivity contribution is 0.103. The van der Waals surface area contributed by atoms with Crippen LogP contribution >= 0.6 is 27.5 Å². The molecule has 0 fully saturated rings. The maximum Gasteiger partial charge on any atom is 0.196 e. The third-order valence-corrected chi connectivity index (χ3v) is 3.23. The molecule has 0 radical (unpaired) electrons.